The van der Waals surface area contributed by atoms with Gasteiger partial charge in [-0.1, -0.05) is 23.3 Å². The van der Waals surface area contributed by atoms with Gasteiger partial charge in [-0.25, -0.2) is 4.79 Å². The van der Waals surface area contributed by atoms with Crippen molar-refractivity contribution in [1.29, 1.82) is 0 Å². The van der Waals surface area contributed by atoms with E-state index in [2.05, 4.69) is 22.0 Å². The molecule has 0 saturated carbocycles. The van der Waals surface area contributed by atoms with E-state index >= 15 is 0 Å². The first kappa shape index (κ1) is 19.3. The van der Waals surface area contributed by atoms with Crippen molar-refractivity contribution >= 4 is 29.2 Å². The van der Waals surface area contributed by atoms with Gasteiger partial charge in [-0.05, 0) is 62.8 Å². The van der Waals surface area contributed by atoms with E-state index in [0.29, 0.717) is 31.0 Å². The minimum Gasteiger partial charge on any atom is -0.338 e. The van der Waals surface area contributed by atoms with Crippen LogP contribution in [0.4, 0.5) is 10.5 Å². The minimum absolute atomic E-state index is 0.0752. The molecule has 1 aromatic rings. The molecule has 1 aromatic carbocycles. The second-order valence-corrected chi connectivity index (χ2v) is 6.64. The summed E-state index contributed by atoms with van der Waals surface area (Å²) in [5.74, 6) is -0.0752. The van der Waals surface area contributed by atoms with E-state index in [9.17, 15) is 9.59 Å². The number of benzene rings is 1. The molecule has 6 heteroatoms. The number of carbonyl (C=O) groups excluding carboxylic acids is 2. The lowest BCUT2D eigenvalue weighted by molar-refractivity contribution is -0.116. The molecular formula is C19H26ClN3O2. The maximum atomic E-state index is 11.8. The summed E-state index contributed by atoms with van der Waals surface area (Å²) in [6.07, 6.45) is 9.04. The average Bonchev–Trinajstić information content (AvgIpc) is 2.62. The van der Waals surface area contributed by atoms with Crippen molar-refractivity contribution in [3.8, 4) is 0 Å². The zero-order chi connectivity index (χ0) is 17.9. The van der Waals surface area contributed by atoms with E-state index in [0.717, 1.165) is 18.5 Å². The standard InChI is InChI=1S/C19H26ClN3O2/c20-16-8-10-17(11-9-16)23-18(24)7-4-13-21-19(25)22-14-12-15-5-2-1-3-6-15/h5,8-11H,1-4,6-7,12-14H2,(H,23,24)(H2,21,22,25). The number of carbonyl (C=O) groups is 2. The third kappa shape index (κ3) is 8.07. The lowest BCUT2D eigenvalue weighted by atomic mass is 9.97. The van der Waals surface area contributed by atoms with Gasteiger partial charge in [-0.3, -0.25) is 4.79 Å². The van der Waals surface area contributed by atoms with E-state index in [1.165, 1.54) is 24.8 Å². The van der Waals surface area contributed by atoms with Gasteiger partial charge in [0.25, 0.3) is 0 Å². The molecule has 0 fully saturated rings. The Morgan fingerprint density at radius 3 is 2.52 bits per heavy atom. The molecule has 3 amide bonds. The highest BCUT2D eigenvalue weighted by Crippen LogP contribution is 2.19. The Balaban J connectivity index is 1.51. The highest BCUT2D eigenvalue weighted by molar-refractivity contribution is 6.30. The fourth-order valence-corrected chi connectivity index (χ4v) is 2.86. The van der Waals surface area contributed by atoms with Crippen LogP contribution in [-0.4, -0.2) is 25.0 Å². The third-order valence-corrected chi connectivity index (χ3v) is 4.36. The van der Waals surface area contributed by atoms with Crippen LogP contribution in [0.3, 0.4) is 0 Å². The molecule has 5 nitrogen and oxygen atoms in total. The van der Waals surface area contributed by atoms with Crippen molar-refractivity contribution < 1.29 is 9.59 Å². The Morgan fingerprint density at radius 1 is 1.04 bits per heavy atom. The Bertz CT molecular complexity index is 599. The minimum atomic E-state index is -0.172. The van der Waals surface area contributed by atoms with Gasteiger partial charge in [-0.15, -0.1) is 0 Å². The van der Waals surface area contributed by atoms with Crippen LogP contribution in [0.2, 0.25) is 5.02 Å². The van der Waals surface area contributed by atoms with Crippen LogP contribution in [0.1, 0.15) is 44.9 Å². The molecule has 0 aromatic heterocycles. The lowest BCUT2D eigenvalue weighted by Crippen LogP contribution is -2.36. The smallest absolute Gasteiger partial charge is 0.314 e. The Kier molecular flexibility index (Phi) is 8.32. The van der Waals surface area contributed by atoms with Crippen molar-refractivity contribution in [2.45, 2.75) is 44.9 Å². The van der Waals surface area contributed by atoms with Gasteiger partial charge in [-0.2, -0.15) is 0 Å². The second-order valence-electron chi connectivity index (χ2n) is 6.20. The maximum absolute atomic E-state index is 11.8. The quantitative estimate of drug-likeness (QED) is 0.477. The van der Waals surface area contributed by atoms with E-state index in [-0.39, 0.29) is 11.9 Å². The third-order valence-electron chi connectivity index (χ3n) is 4.11. The Morgan fingerprint density at radius 2 is 1.80 bits per heavy atom. The molecule has 0 saturated heterocycles. The molecular weight excluding hydrogens is 338 g/mol. The first-order chi connectivity index (χ1) is 12.1. The summed E-state index contributed by atoms with van der Waals surface area (Å²) in [4.78, 5) is 23.5. The van der Waals surface area contributed by atoms with E-state index in [1.807, 2.05) is 0 Å². The number of rotatable bonds is 8. The monoisotopic (exact) mass is 363 g/mol. The van der Waals surface area contributed by atoms with Crippen molar-refractivity contribution in [3.63, 3.8) is 0 Å². The first-order valence-corrected chi connectivity index (χ1v) is 9.26. The van der Waals surface area contributed by atoms with Crippen LogP contribution in [-0.2, 0) is 4.79 Å². The predicted molar refractivity (Wildman–Crippen MR) is 102 cm³/mol. The topological polar surface area (TPSA) is 70.2 Å². The fraction of sp³-hybridized carbons (Fsp3) is 0.474. The van der Waals surface area contributed by atoms with Gasteiger partial charge < -0.3 is 16.0 Å². The van der Waals surface area contributed by atoms with Gasteiger partial charge in [0.05, 0.1) is 0 Å². The molecule has 0 unspecified atom stereocenters. The van der Waals surface area contributed by atoms with Crippen LogP contribution in [0.25, 0.3) is 0 Å². The van der Waals surface area contributed by atoms with Crippen LogP contribution in [0, 0.1) is 0 Å². The van der Waals surface area contributed by atoms with Gasteiger partial charge in [0.1, 0.15) is 0 Å². The van der Waals surface area contributed by atoms with E-state index < -0.39 is 0 Å². The zero-order valence-electron chi connectivity index (χ0n) is 14.4. The number of halogens is 1. The predicted octanol–water partition coefficient (Wildman–Crippen LogP) is 4.25. The average molecular weight is 364 g/mol. The van der Waals surface area contributed by atoms with Crippen molar-refractivity contribution in [3.05, 3.63) is 40.9 Å². The fourth-order valence-electron chi connectivity index (χ4n) is 2.74. The number of allylic oxidation sites excluding steroid dienone is 1. The van der Waals surface area contributed by atoms with E-state index in [1.54, 1.807) is 24.3 Å². The molecule has 0 radical (unpaired) electrons. The molecule has 136 valence electrons. The first-order valence-electron chi connectivity index (χ1n) is 8.88. The van der Waals surface area contributed by atoms with Crippen LogP contribution in [0.15, 0.2) is 35.9 Å². The SMILES string of the molecule is O=C(CCCNC(=O)NCCC1=CCCCC1)Nc1ccc(Cl)cc1. The molecule has 2 rings (SSSR count). The van der Waals surface area contributed by atoms with Crippen LogP contribution in [0.5, 0.6) is 0 Å². The second kappa shape index (κ2) is 10.8. The summed E-state index contributed by atoms with van der Waals surface area (Å²) < 4.78 is 0. The van der Waals surface area contributed by atoms with Crippen molar-refractivity contribution in [2.24, 2.45) is 0 Å². The summed E-state index contributed by atoms with van der Waals surface area (Å²) >= 11 is 5.80. The molecule has 0 heterocycles. The highest BCUT2D eigenvalue weighted by atomic mass is 35.5. The number of hydrogen-bond acceptors (Lipinski definition) is 2. The Hall–Kier alpha value is -2.01. The summed E-state index contributed by atoms with van der Waals surface area (Å²) in [5.41, 5.74) is 2.17. The number of urea groups is 1. The molecule has 0 bridgehead atoms. The number of hydrogen-bond donors (Lipinski definition) is 3. The van der Waals surface area contributed by atoms with Crippen molar-refractivity contribution in [1.82, 2.24) is 10.6 Å². The van der Waals surface area contributed by atoms with Gasteiger partial charge in [0.2, 0.25) is 5.91 Å². The van der Waals surface area contributed by atoms with Crippen LogP contribution < -0.4 is 16.0 Å². The van der Waals surface area contributed by atoms with Crippen molar-refractivity contribution in [2.75, 3.05) is 18.4 Å². The van der Waals surface area contributed by atoms with E-state index in [4.69, 9.17) is 11.6 Å². The highest BCUT2D eigenvalue weighted by Gasteiger charge is 2.06. The van der Waals surface area contributed by atoms with Crippen LogP contribution >= 0.6 is 11.6 Å². The maximum Gasteiger partial charge on any atom is 0.314 e. The summed E-state index contributed by atoms with van der Waals surface area (Å²) in [7, 11) is 0. The number of amides is 3. The van der Waals surface area contributed by atoms with Gasteiger partial charge in [0, 0.05) is 30.2 Å². The normalized spacial score (nSPS) is 13.7. The molecule has 0 spiro atoms. The summed E-state index contributed by atoms with van der Waals surface area (Å²) in [6.45, 7) is 1.14. The Labute approximate surface area is 154 Å². The summed E-state index contributed by atoms with van der Waals surface area (Å²) in [5, 5.41) is 9.07. The molecule has 0 atom stereocenters. The molecule has 1 aliphatic rings. The molecule has 1 aliphatic carbocycles. The molecule has 0 aliphatic heterocycles. The largest absolute Gasteiger partial charge is 0.338 e. The van der Waals surface area contributed by atoms with Gasteiger partial charge in [0.15, 0.2) is 0 Å². The zero-order valence-corrected chi connectivity index (χ0v) is 15.2. The number of nitrogens with one attached hydrogen (secondary N) is 3. The summed E-state index contributed by atoms with van der Waals surface area (Å²) in [6, 6.07) is 6.80. The lowest BCUT2D eigenvalue weighted by Gasteiger charge is -2.13. The molecule has 3 N–H and O–H groups in total. The molecule has 25 heavy (non-hydrogen) atoms. The van der Waals surface area contributed by atoms with Gasteiger partial charge >= 0.3 is 6.03 Å². The number of anilines is 1.